The molecule has 3 nitrogen and oxygen atoms in total. The van der Waals surface area contributed by atoms with Gasteiger partial charge in [-0.3, -0.25) is 4.79 Å². The maximum Gasteiger partial charge on any atom is 0.244 e. The summed E-state index contributed by atoms with van der Waals surface area (Å²) in [5.41, 5.74) is 0.0589. The molecule has 0 unspecified atom stereocenters. The van der Waals surface area contributed by atoms with Crippen molar-refractivity contribution in [2.45, 2.75) is 19.4 Å². The molecule has 0 atom stereocenters. The maximum atomic E-state index is 11.6. The van der Waals surface area contributed by atoms with Crippen molar-refractivity contribution in [3.63, 3.8) is 0 Å². The first-order chi connectivity index (χ1) is 8.34. The molecule has 0 radical (unpaired) electrons. The Balaban J connectivity index is 2.72. The number of aliphatic hydroxyl groups is 1. The van der Waals surface area contributed by atoms with Crippen LogP contribution in [0.3, 0.4) is 0 Å². The molecule has 0 saturated heterocycles. The first-order valence-corrected chi connectivity index (χ1v) is 6.16. The van der Waals surface area contributed by atoms with Gasteiger partial charge in [0.1, 0.15) is 0 Å². The Morgan fingerprint density at radius 3 is 2.67 bits per heavy atom. The van der Waals surface area contributed by atoms with Crippen molar-refractivity contribution in [2.75, 3.05) is 6.61 Å². The SMILES string of the molecule is CC(C)(CO)NC(=O)/C=C/c1ccc(Cl)cc1Cl. The molecule has 5 heteroatoms. The van der Waals surface area contributed by atoms with Crippen LogP contribution in [0.5, 0.6) is 0 Å². The van der Waals surface area contributed by atoms with Crippen LogP contribution < -0.4 is 5.32 Å². The third-order valence-electron chi connectivity index (χ3n) is 2.23. The zero-order valence-corrected chi connectivity index (χ0v) is 11.7. The number of amides is 1. The van der Waals surface area contributed by atoms with E-state index in [9.17, 15) is 4.79 Å². The number of aliphatic hydroxyl groups excluding tert-OH is 1. The second kappa shape index (κ2) is 6.23. The number of nitrogens with one attached hydrogen (secondary N) is 1. The number of benzene rings is 1. The Hall–Kier alpha value is -1.03. The average Bonchev–Trinajstić information content (AvgIpc) is 2.27. The smallest absolute Gasteiger partial charge is 0.244 e. The highest BCUT2D eigenvalue weighted by atomic mass is 35.5. The number of hydrogen-bond donors (Lipinski definition) is 2. The largest absolute Gasteiger partial charge is 0.394 e. The molecule has 1 aromatic rings. The van der Waals surface area contributed by atoms with Gasteiger partial charge >= 0.3 is 0 Å². The highest BCUT2D eigenvalue weighted by molar-refractivity contribution is 6.35. The fourth-order valence-corrected chi connectivity index (χ4v) is 1.69. The second-order valence-corrected chi connectivity index (χ2v) is 5.37. The van der Waals surface area contributed by atoms with E-state index in [1.54, 1.807) is 38.1 Å². The highest BCUT2D eigenvalue weighted by Gasteiger charge is 2.17. The van der Waals surface area contributed by atoms with Crippen LogP contribution in [0, 0.1) is 0 Å². The molecule has 0 heterocycles. The fraction of sp³-hybridized carbons (Fsp3) is 0.308. The molecule has 1 rings (SSSR count). The summed E-state index contributed by atoms with van der Waals surface area (Å²) in [6.45, 7) is 3.33. The van der Waals surface area contributed by atoms with Crippen LogP contribution >= 0.6 is 23.2 Å². The molecule has 0 aliphatic heterocycles. The Labute approximate surface area is 116 Å². The van der Waals surface area contributed by atoms with E-state index in [4.69, 9.17) is 28.3 Å². The van der Waals surface area contributed by atoms with Crippen LogP contribution in [0.4, 0.5) is 0 Å². The number of halogens is 2. The molecule has 18 heavy (non-hydrogen) atoms. The van der Waals surface area contributed by atoms with Crippen LogP contribution in [0.2, 0.25) is 10.0 Å². The van der Waals surface area contributed by atoms with Gasteiger partial charge in [-0.15, -0.1) is 0 Å². The minimum Gasteiger partial charge on any atom is -0.394 e. The molecule has 0 aliphatic carbocycles. The first kappa shape index (κ1) is 15.0. The molecule has 0 aliphatic rings. The summed E-state index contributed by atoms with van der Waals surface area (Å²) in [7, 11) is 0. The van der Waals surface area contributed by atoms with Crippen LogP contribution in [0.15, 0.2) is 24.3 Å². The van der Waals surface area contributed by atoms with Gasteiger partial charge < -0.3 is 10.4 Å². The number of rotatable bonds is 4. The van der Waals surface area contributed by atoms with Crippen molar-refractivity contribution in [3.05, 3.63) is 39.9 Å². The fourth-order valence-electron chi connectivity index (χ4n) is 1.22. The molecule has 1 aromatic carbocycles. The van der Waals surface area contributed by atoms with Gasteiger partial charge in [0.05, 0.1) is 12.1 Å². The normalized spacial score (nSPS) is 11.8. The van der Waals surface area contributed by atoms with Gasteiger partial charge in [0.2, 0.25) is 5.91 Å². The van der Waals surface area contributed by atoms with Crippen molar-refractivity contribution in [1.82, 2.24) is 5.32 Å². The Morgan fingerprint density at radius 1 is 1.44 bits per heavy atom. The third-order valence-corrected chi connectivity index (χ3v) is 2.80. The van der Waals surface area contributed by atoms with Gasteiger partial charge in [-0.2, -0.15) is 0 Å². The quantitative estimate of drug-likeness (QED) is 0.837. The molecule has 0 aromatic heterocycles. The lowest BCUT2D eigenvalue weighted by Crippen LogP contribution is -2.45. The van der Waals surface area contributed by atoms with Crippen LogP contribution in [0.1, 0.15) is 19.4 Å². The van der Waals surface area contributed by atoms with Crippen molar-refractivity contribution in [2.24, 2.45) is 0 Å². The standard InChI is InChI=1S/C13H15Cl2NO2/c1-13(2,8-17)16-12(18)6-4-9-3-5-10(14)7-11(9)15/h3-7,17H,8H2,1-2H3,(H,16,18)/b6-4+. The van der Waals surface area contributed by atoms with Gasteiger partial charge in [0, 0.05) is 16.1 Å². The summed E-state index contributed by atoms with van der Waals surface area (Å²) < 4.78 is 0. The van der Waals surface area contributed by atoms with Gasteiger partial charge in [-0.1, -0.05) is 29.3 Å². The maximum absolute atomic E-state index is 11.6. The minimum absolute atomic E-state index is 0.131. The Kier molecular flexibility index (Phi) is 5.20. The number of carbonyl (C=O) groups is 1. The summed E-state index contributed by atoms with van der Waals surface area (Å²) in [4.78, 5) is 11.6. The molecule has 0 bridgehead atoms. The van der Waals surface area contributed by atoms with Crippen LogP contribution in [-0.2, 0) is 4.79 Å². The molecular weight excluding hydrogens is 273 g/mol. The van der Waals surface area contributed by atoms with Gasteiger partial charge in [0.15, 0.2) is 0 Å². The predicted octanol–water partition coefficient (Wildman–Crippen LogP) is 2.89. The van der Waals surface area contributed by atoms with E-state index in [2.05, 4.69) is 5.32 Å². The van der Waals surface area contributed by atoms with Crippen molar-refractivity contribution >= 4 is 35.2 Å². The van der Waals surface area contributed by atoms with E-state index in [0.717, 1.165) is 0 Å². The summed E-state index contributed by atoms with van der Waals surface area (Å²) in [5.74, 6) is -0.292. The van der Waals surface area contributed by atoms with E-state index in [1.807, 2.05) is 0 Å². The number of carbonyl (C=O) groups excluding carboxylic acids is 1. The topological polar surface area (TPSA) is 49.3 Å². The van der Waals surface area contributed by atoms with Crippen molar-refractivity contribution in [3.8, 4) is 0 Å². The monoisotopic (exact) mass is 287 g/mol. The second-order valence-electron chi connectivity index (χ2n) is 4.53. The lowest BCUT2D eigenvalue weighted by Gasteiger charge is -2.22. The number of hydrogen-bond acceptors (Lipinski definition) is 2. The zero-order valence-electron chi connectivity index (χ0n) is 10.2. The molecule has 98 valence electrons. The predicted molar refractivity (Wildman–Crippen MR) is 74.8 cm³/mol. The molecule has 0 spiro atoms. The van der Waals surface area contributed by atoms with E-state index in [1.165, 1.54) is 6.08 Å². The average molecular weight is 288 g/mol. The van der Waals surface area contributed by atoms with Crippen LogP contribution in [0.25, 0.3) is 6.08 Å². The van der Waals surface area contributed by atoms with Crippen LogP contribution in [-0.4, -0.2) is 23.2 Å². The zero-order chi connectivity index (χ0) is 13.8. The summed E-state index contributed by atoms with van der Waals surface area (Å²) in [6.07, 6.45) is 2.97. The Morgan fingerprint density at radius 2 is 2.11 bits per heavy atom. The van der Waals surface area contributed by atoms with Crippen molar-refractivity contribution in [1.29, 1.82) is 0 Å². The molecule has 2 N–H and O–H groups in total. The third kappa shape index (κ3) is 4.69. The van der Waals surface area contributed by atoms with E-state index in [0.29, 0.717) is 15.6 Å². The van der Waals surface area contributed by atoms with E-state index < -0.39 is 5.54 Å². The van der Waals surface area contributed by atoms with E-state index in [-0.39, 0.29) is 12.5 Å². The van der Waals surface area contributed by atoms with Gasteiger partial charge in [0.25, 0.3) is 0 Å². The summed E-state index contributed by atoms with van der Waals surface area (Å²) in [6, 6.07) is 5.03. The first-order valence-electron chi connectivity index (χ1n) is 5.40. The molecule has 0 fully saturated rings. The van der Waals surface area contributed by atoms with Crippen molar-refractivity contribution < 1.29 is 9.90 Å². The van der Waals surface area contributed by atoms with Gasteiger partial charge in [-0.05, 0) is 37.6 Å². The molecule has 0 saturated carbocycles. The lowest BCUT2D eigenvalue weighted by atomic mass is 10.1. The van der Waals surface area contributed by atoms with E-state index >= 15 is 0 Å². The minimum atomic E-state index is -0.648. The van der Waals surface area contributed by atoms with Gasteiger partial charge in [-0.25, -0.2) is 0 Å². The molecular formula is C13H15Cl2NO2. The summed E-state index contributed by atoms with van der Waals surface area (Å²) >= 11 is 11.7. The Bertz CT molecular complexity index is 470. The summed E-state index contributed by atoms with van der Waals surface area (Å²) in [5, 5.41) is 12.7. The molecule has 1 amide bonds. The lowest BCUT2D eigenvalue weighted by molar-refractivity contribution is -0.118. The highest BCUT2D eigenvalue weighted by Crippen LogP contribution is 2.21.